The Morgan fingerprint density at radius 3 is 1.89 bits per heavy atom. The van der Waals surface area contributed by atoms with Crippen LogP contribution >= 0.6 is 0 Å². The minimum absolute atomic E-state index is 0.137. The average molecular weight is 593 g/mol. The van der Waals surface area contributed by atoms with Gasteiger partial charge in [0, 0.05) is 64.6 Å². The number of hydrogen-bond donors (Lipinski definition) is 0. The number of nitrogens with zero attached hydrogens (tertiary/aromatic N) is 4. The van der Waals surface area contributed by atoms with Crippen molar-refractivity contribution in [2.75, 3.05) is 23.9 Å². The lowest BCUT2D eigenvalue weighted by Gasteiger charge is -2.47. The fourth-order valence-corrected chi connectivity index (χ4v) is 10.00. The smallest absolute Gasteiger partial charge is 0.252 e. The molecule has 1 unspecified atom stereocenters. The van der Waals surface area contributed by atoms with Crippen LogP contribution in [0.2, 0.25) is 0 Å². The van der Waals surface area contributed by atoms with Crippen molar-refractivity contribution in [3.8, 4) is 11.4 Å². The lowest BCUT2D eigenvalue weighted by atomic mass is 9.33. The molecule has 0 spiro atoms. The number of aromatic nitrogens is 2. The Kier molecular flexibility index (Phi) is 4.35. The predicted octanol–water partition coefficient (Wildman–Crippen LogP) is 7.29. The first-order chi connectivity index (χ1) is 22.4. The Labute approximate surface area is 269 Å². The van der Waals surface area contributed by atoms with Gasteiger partial charge in [0.1, 0.15) is 0 Å². The molecular formula is C41H33BN4. The zero-order chi connectivity index (χ0) is 30.9. The van der Waals surface area contributed by atoms with Gasteiger partial charge >= 0.3 is 0 Å². The van der Waals surface area contributed by atoms with E-state index >= 15 is 0 Å². The summed E-state index contributed by atoms with van der Waals surface area (Å²) < 4.78 is 5.27. The molecule has 46 heavy (non-hydrogen) atoms. The number of anilines is 4. The summed E-state index contributed by atoms with van der Waals surface area (Å²) >= 11 is 0. The number of hydrogen-bond acceptors (Lipinski definition) is 2. The SMILES string of the molecule is Cc1c(C)n2c3c(cccc13)B1c3ccccc3N(C)c3c1c-2c1c2c3-n3c(C)c(C)c4cccc(c43)C2c2ccccc2N1C. The molecule has 0 fully saturated rings. The third-order valence-corrected chi connectivity index (χ3v) is 12.2. The molecule has 0 bridgehead atoms. The van der Waals surface area contributed by atoms with E-state index in [-0.39, 0.29) is 12.6 Å². The van der Waals surface area contributed by atoms with Crippen LogP contribution in [-0.4, -0.2) is 29.9 Å². The van der Waals surface area contributed by atoms with Gasteiger partial charge in [0.05, 0.1) is 28.3 Å². The third-order valence-electron chi connectivity index (χ3n) is 12.2. The van der Waals surface area contributed by atoms with Crippen LogP contribution in [0.4, 0.5) is 22.7 Å². The molecule has 0 N–H and O–H groups in total. The van der Waals surface area contributed by atoms with E-state index in [1.165, 1.54) is 112 Å². The second kappa shape index (κ2) is 7.97. The van der Waals surface area contributed by atoms with Crippen molar-refractivity contribution in [2.45, 2.75) is 33.6 Å². The highest BCUT2D eigenvalue weighted by molar-refractivity contribution is 7.00. The summed E-state index contributed by atoms with van der Waals surface area (Å²) in [7, 11) is 4.60. The maximum Gasteiger partial charge on any atom is 0.252 e. The highest BCUT2D eigenvalue weighted by Gasteiger charge is 2.49. The van der Waals surface area contributed by atoms with Crippen LogP contribution in [0.5, 0.6) is 0 Å². The van der Waals surface area contributed by atoms with E-state index in [2.05, 4.69) is 146 Å². The van der Waals surface area contributed by atoms with Gasteiger partial charge in [-0.3, -0.25) is 0 Å². The Hall–Kier alpha value is -5.16. The molecule has 0 amide bonds. The van der Waals surface area contributed by atoms with Gasteiger partial charge in [-0.05, 0) is 78.5 Å². The number of aryl methyl sites for hydroxylation is 2. The van der Waals surface area contributed by atoms with Crippen LogP contribution < -0.4 is 26.2 Å². The average Bonchev–Trinajstić information content (AvgIpc) is 3.49. The van der Waals surface area contributed by atoms with Crippen molar-refractivity contribution in [3.05, 3.63) is 124 Å². The number of benzene rings is 5. The molecule has 5 heteroatoms. The van der Waals surface area contributed by atoms with Gasteiger partial charge in [-0.2, -0.15) is 0 Å². The fraction of sp³-hybridized carbons (Fsp3) is 0.171. The lowest BCUT2D eigenvalue weighted by Crippen LogP contribution is -2.61. The van der Waals surface area contributed by atoms with Gasteiger partial charge in [-0.1, -0.05) is 72.8 Å². The fourth-order valence-electron chi connectivity index (χ4n) is 10.00. The van der Waals surface area contributed by atoms with Gasteiger partial charge in [0.2, 0.25) is 0 Å². The first-order valence-corrected chi connectivity index (χ1v) is 16.5. The van der Waals surface area contributed by atoms with Gasteiger partial charge in [0.15, 0.2) is 0 Å². The minimum atomic E-state index is 0.137. The Bertz CT molecular complexity index is 2400. The first kappa shape index (κ1) is 25.1. The zero-order valence-electron chi connectivity index (χ0n) is 27.0. The summed E-state index contributed by atoms with van der Waals surface area (Å²) in [6, 6.07) is 32.2. The lowest BCUT2D eigenvalue weighted by molar-refractivity contribution is 0.859. The van der Waals surface area contributed by atoms with Crippen molar-refractivity contribution in [1.29, 1.82) is 0 Å². The molecule has 4 aliphatic heterocycles. The summed E-state index contributed by atoms with van der Waals surface area (Å²) in [5.41, 5.74) is 24.6. The maximum absolute atomic E-state index is 2.64. The Morgan fingerprint density at radius 1 is 0.522 bits per heavy atom. The molecule has 0 radical (unpaired) electrons. The summed E-state index contributed by atoms with van der Waals surface area (Å²) in [4.78, 5) is 5.03. The van der Waals surface area contributed by atoms with Gasteiger partial charge in [-0.15, -0.1) is 0 Å². The van der Waals surface area contributed by atoms with Crippen LogP contribution in [-0.2, 0) is 0 Å². The molecular weight excluding hydrogens is 559 g/mol. The van der Waals surface area contributed by atoms with Gasteiger partial charge < -0.3 is 18.9 Å². The van der Waals surface area contributed by atoms with E-state index in [1.807, 2.05) is 0 Å². The molecule has 4 nitrogen and oxygen atoms in total. The number of rotatable bonds is 0. The van der Waals surface area contributed by atoms with Crippen LogP contribution in [0.1, 0.15) is 45.1 Å². The molecule has 0 saturated heterocycles. The molecule has 4 aliphatic rings. The van der Waals surface area contributed by atoms with E-state index in [4.69, 9.17) is 0 Å². The first-order valence-electron chi connectivity index (χ1n) is 16.5. The highest BCUT2D eigenvalue weighted by Crippen LogP contribution is 2.59. The second-order valence-corrected chi connectivity index (χ2v) is 13.9. The van der Waals surface area contributed by atoms with Crippen molar-refractivity contribution in [3.63, 3.8) is 0 Å². The third kappa shape index (κ3) is 2.51. The summed E-state index contributed by atoms with van der Waals surface area (Å²) in [6.07, 6.45) is 0. The van der Waals surface area contributed by atoms with Crippen molar-refractivity contribution < 1.29 is 0 Å². The summed E-state index contributed by atoms with van der Waals surface area (Å²) in [5, 5.41) is 2.73. The normalized spacial score (nSPS) is 16.1. The standard InChI is InChI=1S/C41H33BN4/c1-21-23(3)45-36-25(21)14-11-16-28(36)33-27-13-7-9-19-31(27)43(5)38-34(33)39(45)40-35-41(38)46-24(4)22(2)26-15-12-18-30(37(26)46)42(35)29-17-8-10-20-32(29)44(40)6/h7-20,33H,1-6H3. The summed E-state index contributed by atoms with van der Waals surface area (Å²) in [5.74, 6) is 0.137. The van der Waals surface area contributed by atoms with E-state index in [9.17, 15) is 0 Å². The molecule has 7 aromatic rings. The molecule has 0 aliphatic carbocycles. The molecule has 0 saturated carbocycles. The molecule has 5 aromatic carbocycles. The quantitative estimate of drug-likeness (QED) is 0.172. The predicted molar refractivity (Wildman–Crippen MR) is 194 cm³/mol. The van der Waals surface area contributed by atoms with Crippen LogP contribution in [0.3, 0.4) is 0 Å². The van der Waals surface area contributed by atoms with Crippen LogP contribution in [0.25, 0.3) is 33.2 Å². The Morgan fingerprint density at radius 2 is 1.11 bits per heavy atom. The maximum atomic E-state index is 2.64. The van der Waals surface area contributed by atoms with Gasteiger partial charge in [0.25, 0.3) is 6.71 Å². The Balaban J connectivity index is 1.46. The second-order valence-electron chi connectivity index (χ2n) is 13.9. The van der Waals surface area contributed by atoms with E-state index < -0.39 is 0 Å². The number of para-hydroxylation sites is 4. The topological polar surface area (TPSA) is 16.3 Å². The monoisotopic (exact) mass is 592 g/mol. The minimum Gasteiger partial charge on any atom is -0.344 e. The van der Waals surface area contributed by atoms with Crippen molar-refractivity contribution in [1.82, 2.24) is 9.13 Å². The van der Waals surface area contributed by atoms with E-state index in [1.54, 1.807) is 0 Å². The van der Waals surface area contributed by atoms with Crippen molar-refractivity contribution in [2.24, 2.45) is 0 Å². The number of fused-ring (bicyclic) bond motifs is 10. The van der Waals surface area contributed by atoms with Crippen LogP contribution in [0.15, 0.2) is 84.9 Å². The largest absolute Gasteiger partial charge is 0.344 e. The molecule has 11 rings (SSSR count). The zero-order valence-corrected chi connectivity index (χ0v) is 27.0. The highest BCUT2D eigenvalue weighted by atomic mass is 15.2. The molecule has 1 atom stereocenters. The molecule has 6 heterocycles. The molecule has 2 aromatic heterocycles. The van der Waals surface area contributed by atoms with E-state index in [0.717, 1.165) is 0 Å². The molecule has 220 valence electrons. The van der Waals surface area contributed by atoms with Gasteiger partial charge in [-0.25, -0.2) is 0 Å². The summed E-state index contributed by atoms with van der Waals surface area (Å²) in [6.45, 7) is 9.40. The van der Waals surface area contributed by atoms with Crippen molar-refractivity contribution >= 4 is 67.7 Å². The van der Waals surface area contributed by atoms with Crippen LogP contribution in [0, 0.1) is 27.7 Å². The van der Waals surface area contributed by atoms with E-state index in [0.29, 0.717) is 0 Å².